The number of unbranched alkanes of at least 4 members (excludes halogenated alkanes) is 1. The molecule has 14 N–H and O–H groups in total. The Balaban J connectivity index is 0.946. The number of carbonyl (C=O) groups excluding carboxylic acids is 13. The summed E-state index contributed by atoms with van der Waals surface area (Å²) in [6, 6.07) is 13.6. The van der Waals surface area contributed by atoms with Gasteiger partial charge in [0.25, 0.3) is 0 Å². The molecule has 17 atom stereocenters. The molecule has 129 heavy (non-hydrogen) atoms. The fraction of sp³-hybridized carbons (Fsp3) is 0.527. The zero-order chi connectivity index (χ0) is 94.0. The first-order valence-electron chi connectivity index (χ1n) is 43.2. The van der Waals surface area contributed by atoms with Crippen molar-refractivity contribution in [3.05, 3.63) is 154 Å². The van der Waals surface area contributed by atoms with Crippen LogP contribution < -0.4 is 63.2 Å². The Morgan fingerprint density at radius 1 is 0.829 bits per heavy atom. The fourth-order valence-electron chi connectivity index (χ4n) is 15.7. The SMILES string of the molecule is CCCC(=O)[C@H](CSSCCC(=O)N(C)[C@@H](C)C(=O)O[C@H]1CC(=O)N(C)c2cc(cc(OC)c2Cl)C/C(C)=C/C=C/[C@@H](OC)[C@@]2(O)C[C@H](OC(=O)N2)[C@@H](C)[C@@H]2O[C@@]12C)NC(=O)[C@@H]1CSSC[C@H](NC(=O)[C@@H](Cc2ccccc2)NC(=O)NCC)C(=O)C[C@@H](Cc2ccc(O)cc2)C(=O)N[C@H](CC2=CCc3ccccc32)C(=O)N[C@@H](CCCCN)C(=O)N[C@@H]([C@@H](C)O)C(=O)N1. The molecule has 38 heteroatoms. The summed E-state index contributed by atoms with van der Waals surface area (Å²) in [5.74, 6) is -10.6. The summed E-state index contributed by atoms with van der Waals surface area (Å²) in [5.41, 5.74) is 8.07. The molecule has 0 unspecified atom stereocenters. The number of hydrogen-bond donors (Lipinski definition) is 13. The molecule has 0 radical (unpaired) electrons. The van der Waals surface area contributed by atoms with Gasteiger partial charge >= 0.3 is 18.1 Å². The van der Waals surface area contributed by atoms with E-state index in [1.165, 1.54) is 74.9 Å². The molecule has 11 amide bonds. The molecular weight excluding hydrogens is 1760 g/mol. The number of benzene rings is 4. The Bertz CT molecular complexity index is 4750. The second-order valence-electron chi connectivity index (χ2n) is 33.1. The highest BCUT2D eigenvalue weighted by atomic mass is 35.5. The van der Waals surface area contributed by atoms with Gasteiger partial charge in [0.2, 0.25) is 47.3 Å². The average Bonchev–Trinajstić information content (AvgIpc) is 1.57. The molecule has 4 aromatic rings. The number of carbonyl (C=O) groups is 13. The summed E-state index contributed by atoms with van der Waals surface area (Å²) in [6.45, 7) is 11.8. The predicted octanol–water partition coefficient (Wildman–Crippen LogP) is 6.95. The average molecular weight is 1880 g/mol. The van der Waals surface area contributed by atoms with Crippen LogP contribution in [0.3, 0.4) is 0 Å². The number of epoxide rings is 1. The number of ether oxygens (including phenoxy) is 5. The van der Waals surface area contributed by atoms with E-state index in [0.29, 0.717) is 48.1 Å². The van der Waals surface area contributed by atoms with E-state index in [9.17, 15) is 58.5 Å². The summed E-state index contributed by atoms with van der Waals surface area (Å²) in [7, 11) is 10.0. The maximum Gasteiger partial charge on any atom is 0.409 e. The molecule has 5 aliphatic rings. The Hall–Kier alpha value is -9.70. The number of aromatic hydroxyl groups is 1. The quantitative estimate of drug-likeness (QED) is 0.0105. The fourth-order valence-corrected chi connectivity index (χ4v) is 20.6. The van der Waals surface area contributed by atoms with Gasteiger partial charge in [0.15, 0.2) is 17.3 Å². The smallest absolute Gasteiger partial charge is 0.409 e. The van der Waals surface area contributed by atoms with Crippen molar-refractivity contribution >= 4 is 143 Å². The van der Waals surface area contributed by atoms with Crippen LogP contribution in [0, 0.1) is 11.8 Å². The van der Waals surface area contributed by atoms with Crippen LogP contribution >= 0.6 is 54.8 Å². The van der Waals surface area contributed by atoms with Gasteiger partial charge in [-0.3, -0.25) is 53.3 Å². The number of hydrogen-bond acceptors (Lipinski definition) is 26. The lowest BCUT2D eigenvalue weighted by Gasteiger charge is -2.42. The lowest BCUT2D eigenvalue weighted by Crippen LogP contribution is -2.63. The third-order valence-electron chi connectivity index (χ3n) is 23.4. The van der Waals surface area contributed by atoms with Gasteiger partial charge in [0, 0.05) is 101 Å². The standard InChI is InChI=1S/C91H121ClN12O21S4/c1-12-22-70(107)66(48-127-126-38-36-76(109)103(8)53(5)87(117)124-75-46-77(110)104(9)69-42-57(43-72(121-10)78(69)92)39-51(3)23-21-29-74(122-11)91(120)47-73(123-89(119)102-91)52(4)80-90(75,7)125-80)97-85(115)68-50-129-128-49-67(98-83(113)64(100-88(118)94-13-2)41-55-24-15-14-16-25-55)71(108)45-60(40-56-30-34-61(106)35-31-56)81(111)96-65(44-59-33-32-58-26-17-18-27-62(58)59)84(114)95-63(28-19-20-37-93)82(112)101-79(54(6)105)86(116)99-68/h14-18,21,23-27,29-31,33-35,42-43,52-54,60,63-68,73-75,79-80,105-106,120H,12-13,19-20,22,28,32,36-41,44-50,93H2,1-11H3,(H,95,114)(H,96,111)(H,97,115)(H,98,113)(H,99,116)(H,101,112)(H,102,119)(H2,94,100,118)/b29-21+,51-23+/t52-,53+,54-,60-,63+,64-,65-,66+,67+,68+,73+,74-,75+,79+,80+,90+,91+/m1/s1. The van der Waals surface area contributed by atoms with E-state index >= 15 is 19.2 Å². The summed E-state index contributed by atoms with van der Waals surface area (Å²) in [5, 5.41) is 58.5. The number of phenols is 1. The number of anilines is 1. The number of methoxy groups -OCH3 is 2. The van der Waals surface area contributed by atoms with Crippen LogP contribution in [0.5, 0.6) is 11.5 Å². The molecule has 4 heterocycles. The summed E-state index contributed by atoms with van der Waals surface area (Å²) >= 11 is 6.92. The number of nitrogens with one attached hydrogen (secondary N) is 9. The Morgan fingerprint density at radius 2 is 1.53 bits per heavy atom. The molecule has 0 aromatic heterocycles. The highest BCUT2D eigenvalue weighted by molar-refractivity contribution is 8.77. The largest absolute Gasteiger partial charge is 0.508 e. The van der Waals surface area contributed by atoms with Crippen LogP contribution in [0.25, 0.3) is 5.57 Å². The minimum Gasteiger partial charge on any atom is -0.508 e. The number of halogens is 1. The van der Waals surface area contributed by atoms with Crippen molar-refractivity contribution < 1.29 is 101 Å². The third kappa shape index (κ3) is 28.9. The second kappa shape index (κ2) is 49.0. The van der Waals surface area contributed by atoms with Crippen LogP contribution in [-0.4, -0.2) is 252 Å². The highest BCUT2D eigenvalue weighted by Gasteiger charge is 2.65. The van der Waals surface area contributed by atoms with Crippen molar-refractivity contribution in [2.24, 2.45) is 17.6 Å². The molecular formula is C91H121ClN12O21S4. The van der Waals surface area contributed by atoms with Crippen LogP contribution in [0.4, 0.5) is 15.3 Å². The molecule has 1 aliphatic carbocycles. The number of aliphatic hydroxyl groups is 2. The minimum atomic E-state index is -1.95. The zero-order valence-electron chi connectivity index (χ0n) is 74.4. The van der Waals surface area contributed by atoms with Crippen LogP contribution in [0.2, 0.25) is 5.02 Å². The lowest BCUT2D eigenvalue weighted by molar-refractivity contribution is -0.162. The van der Waals surface area contributed by atoms with E-state index in [4.69, 9.17) is 41.0 Å². The van der Waals surface area contributed by atoms with E-state index < -0.39 is 192 Å². The van der Waals surface area contributed by atoms with Crippen molar-refractivity contribution in [2.75, 3.05) is 69.3 Å². The Kier molecular flexibility index (Phi) is 39.1. The van der Waals surface area contributed by atoms with E-state index in [0.717, 1.165) is 54.6 Å². The topological polar surface area (TPSA) is 473 Å². The first-order valence-corrected chi connectivity index (χ1v) is 48.6. The molecule has 4 aliphatic heterocycles. The number of rotatable bonds is 31. The van der Waals surface area contributed by atoms with Gasteiger partial charge in [-0.25, -0.2) is 14.4 Å². The number of Topliss-reactive ketones (excluding diaryl/α,β-unsaturated/α-hetero) is 2. The molecule has 4 bridgehead atoms. The van der Waals surface area contributed by atoms with Crippen LogP contribution in [0.1, 0.15) is 140 Å². The number of nitrogens with two attached hydrogens (primary N) is 1. The molecule has 3 fully saturated rings. The number of urea groups is 1. The van der Waals surface area contributed by atoms with Gasteiger partial charge in [-0.05, 0) is 144 Å². The van der Waals surface area contributed by atoms with Crippen molar-refractivity contribution in [3.63, 3.8) is 0 Å². The Morgan fingerprint density at radius 3 is 2.23 bits per heavy atom. The molecule has 0 saturated carbocycles. The first-order chi connectivity index (χ1) is 61.5. The number of esters is 1. The highest BCUT2D eigenvalue weighted by Crippen LogP contribution is 2.50. The number of fused-ring (bicyclic) bond motifs is 6. The number of aliphatic hydroxyl groups excluding tert-OH is 1. The molecule has 702 valence electrons. The number of ketones is 2. The van der Waals surface area contributed by atoms with Crippen LogP contribution in [-0.2, 0) is 97.4 Å². The summed E-state index contributed by atoms with van der Waals surface area (Å²) in [4.78, 5) is 192. The van der Waals surface area contributed by atoms with Crippen molar-refractivity contribution in [1.82, 2.24) is 52.8 Å². The predicted molar refractivity (Wildman–Crippen MR) is 495 cm³/mol. The number of likely N-dealkylation sites (N-methyl/N-ethyl adjacent to an activating group) is 1. The number of allylic oxidation sites excluding steroid dienone is 4. The second-order valence-corrected chi connectivity index (χ2v) is 38.7. The van der Waals surface area contributed by atoms with Gasteiger partial charge in [-0.1, -0.05) is 165 Å². The molecule has 3 saturated heterocycles. The Labute approximate surface area is 772 Å². The van der Waals surface area contributed by atoms with Gasteiger partial charge in [0.05, 0.1) is 43.5 Å². The van der Waals surface area contributed by atoms with Crippen molar-refractivity contribution in [1.29, 1.82) is 0 Å². The lowest BCUT2D eigenvalue weighted by atomic mass is 9.83. The van der Waals surface area contributed by atoms with Gasteiger partial charge < -0.3 is 97.1 Å². The molecule has 9 rings (SSSR count). The van der Waals surface area contributed by atoms with E-state index in [1.54, 1.807) is 94.4 Å². The van der Waals surface area contributed by atoms with E-state index in [-0.39, 0.29) is 104 Å². The number of phenolic OH excluding ortho intramolecular Hbond substituents is 1. The number of amides is 11. The number of alkyl carbamates (subject to hydrolysis) is 1. The maximum absolute atomic E-state index is 15.4. The third-order valence-corrected chi connectivity index (χ3v) is 28.7. The van der Waals surface area contributed by atoms with Crippen molar-refractivity contribution in [2.45, 2.75) is 229 Å². The number of nitrogens with zero attached hydrogens (tertiary/aromatic N) is 2. The van der Waals surface area contributed by atoms with Gasteiger partial charge in [-0.2, -0.15) is 0 Å². The summed E-state index contributed by atoms with van der Waals surface area (Å²) < 4.78 is 29.8. The van der Waals surface area contributed by atoms with Crippen LogP contribution in [0.15, 0.2) is 121 Å². The summed E-state index contributed by atoms with van der Waals surface area (Å²) in [6.07, 6.45) is 0.490. The zero-order valence-corrected chi connectivity index (χ0v) is 78.5. The molecule has 33 nitrogen and oxygen atoms in total. The van der Waals surface area contributed by atoms with Gasteiger partial charge in [-0.15, -0.1) is 0 Å². The van der Waals surface area contributed by atoms with Crippen molar-refractivity contribution in [3.8, 4) is 11.5 Å². The molecule has 4 aromatic carbocycles. The minimum absolute atomic E-state index is 0.0124. The monoisotopic (exact) mass is 1880 g/mol. The molecule has 0 spiro atoms. The normalized spacial score (nSPS) is 26.0. The van der Waals surface area contributed by atoms with E-state index in [1.807, 2.05) is 43.3 Å². The van der Waals surface area contributed by atoms with Gasteiger partial charge in [0.1, 0.15) is 76.7 Å². The van der Waals surface area contributed by atoms with E-state index in [2.05, 4.69) is 47.9 Å². The maximum atomic E-state index is 15.4. The first kappa shape index (κ1) is 103.